The van der Waals surface area contributed by atoms with E-state index < -0.39 is 0 Å². The smallest absolute Gasteiger partial charge is 0.123 e. The van der Waals surface area contributed by atoms with E-state index in [0.29, 0.717) is 11.8 Å². The number of halogens is 2. The van der Waals surface area contributed by atoms with Crippen molar-refractivity contribution in [3.05, 3.63) is 48.1 Å². The molecule has 2 aliphatic rings. The van der Waals surface area contributed by atoms with Gasteiger partial charge in [0.2, 0.25) is 0 Å². The van der Waals surface area contributed by atoms with Gasteiger partial charge >= 0.3 is 0 Å². The second-order valence-electron chi connectivity index (χ2n) is 7.16. The maximum atomic E-state index is 13.0. The summed E-state index contributed by atoms with van der Waals surface area (Å²) in [4.78, 5) is 0. The molecule has 2 heteroatoms. The molecule has 0 nitrogen and oxygen atoms in total. The summed E-state index contributed by atoms with van der Waals surface area (Å²) >= 11 is 0. The number of benzene rings is 1. The zero-order valence-electron chi connectivity index (χ0n) is 13.2. The molecule has 2 saturated carbocycles. The fraction of sp³-hybridized carbons (Fsp3) is 0.600. The van der Waals surface area contributed by atoms with E-state index >= 15 is 0 Å². The summed E-state index contributed by atoms with van der Waals surface area (Å²) < 4.78 is 25.3. The summed E-state index contributed by atoms with van der Waals surface area (Å²) in [5.74, 6) is 2.64. The molecule has 2 fully saturated rings. The van der Waals surface area contributed by atoms with Crippen LogP contribution in [0, 0.1) is 23.6 Å². The molecule has 0 radical (unpaired) electrons. The lowest BCUT2D eigenvalue weighted by Crippen LogP contribution is -2.25. The molecule has 1 aromatic carbocycles. The first-order chi connectivity index (χ1) is 10.8. The molecule has 0 atom stereocenters. The maximum Gasteiger partial charge on any atom is 0.123 e. The van der Waals surface area contributed by atoms with E-state index in [0.717, 1.165) is 31.0 Å². The summed E-state index contributed by atoms with van der Waals surface area (Å²) in [6, 6.07) is 7.08. The number of hydrogen-bond donors (Lipinski definition) is 0. The van der Waals surface area contributed by atoms with Crippen LogP contribution in [0.1, 0.15) is 62.8 Å². The highest BCUT2D eigenvalue weighted by atomic mass is 19.1. The third kappa shape index (κ3) is 3.77. The normalized spacial score (nSPS) is 33.2. The third-order valence-electron chi connectivity index (χ3n) is 5.94. The molecule has 0 N–H and O–H groups in total. The Bertz CT molecular complexity index is 475. The van der Waals surface area contributed by atoms with Crippen LogP contribution in [0.2, 0.25) is 0 Å². The fourth-order valence-electron chi connectivity index (χ4n) is 4.57. The van der Waals surface area contributed by atoms with Crippen molar-refractivity contribution in [1.82, 2.24) is 0 Å². The van der Waals surface area contributed by atoms with Crippen LogP contribution in [0.15, 0.2) is 36.7 Å². The fourth-order valence-corrected chi connectivity index (χ4v) is 4.57. The molecule has 0 saturated heterocycles. The van der Waals surface area contributed by atoms with Gasteiger partial charge in [0, 0.05) is 0 Å². The lowest BCUT2D eigenvalue weighted by Gasteiger charge is -2.37. The molecule has 22 heavy (non-hydrogen) atoms. The van der Waals surface area contributed by atoms with E-state index in [1.165, 1.54) is 44.1 Å². The summed E-state index contributed by atoms with van der Waals surface area (Å²) in [5.41, 5.74) is 1.30. The Balaban J connectivity index is 1.49. The van der Waals surface area contributed by atoms with Gasteiger partial charge in [-0.1, -0.05) is 18.2 Å². The van der Waals surface area contributed by atoms with Gasteiger partial charge in [0.05, 0.1) is 6.33 Å². The lowest BCUT2D eigenvalue weighted by atomic mass is 9.68. The van der Waals surface area contributed by atoms with E-state index in [1.54, 1.807) is 18.2 Å². The minimum atomic E-state index is -0.142. The average Bonchev–Trinajstić information content (AvgIpc) is 2.57. The second-order valence-corrected chi connectivity index (χ2v) is 7.16. The van der Waals surface area contributed by atoms with Gasteiger partial charge in [0.1, 0.15) is 5.82 Å². The Morgan fingerprint density at radius 1 is 0.773 bits per heavy atom. The first kappa shape index (κ1) is 15.7. The molecule has 120 valence electrons. The van der Waals surface area contributed by atoms with E-state index in [9.17, 15) is 8.78 Å². The summed E-state index contributed by atoms with van der Waals surface area (Å²) in [6.07, 6.45) is 12.4. The van der Waals surface area contributed by atoms with Gasteiger partial charge < -0.3 is 0 Å². The van der Waals surface area contributed by atoms with Gasteiger partial charge in [-0.25, -0.2) is 8.78 Å². The largest absolute Gasteiger partial charge is 0.216 e. The standard InChI is InChI=1S/C20H26F2/c21-14-13-15-1-3-16(4-2-15)17-5-7-18(8-6-17)19-9-11-20(22)12-10-19/h9-18H,1-8H2. The Kier molecular flexibility index (Phi) is 5.28. The average molecular weight is 304 g/mol. The van der Waals surface area contributed by atoms with Crippen LogP contribution in [0.5, 0.6) is 0 Å². The Morgan fingerprint density at radius 2 is 1.32 bits per heavy atom. The zero-order chi connectivity index (χ0) is 15.4. The van der Waals surface area contributed by atoms with Crippen molar-refractivity contribution in [1.29, 1.82) is 0 Å². The quantitative estimate of drug-likeness (QED) is 0.607. The Morgan fingerprint density at radius 3 is 1.86 bits per heavy atom. The molecule has 0 unspecified atom stereocenters. The molecule has 0 heterocycles. The van der Waals surface area contributed by atoms with Crippen LogP contribution in [-0.2, 0) is 0 Å². The minimum absolute atomic E-state index is 0.142. The van der Waals surface area contributed by atoms with Crippen molar-refractivity contribution in [3.8, 4) is 0 Å². The van der Waals surface area contributed by atoms with Crippen molar-refractivity contribution in [2.45, 2.75) is 57.3 Å². The van der Waals surface area contributed by atoms with Crippen LogP contribution in [0.4, 0.5) is 8.78 Å². The number of rotatable bonds is 3. The van der Waals surface area contributed by atoms with Crippen LogP contribution >= 0.6 is 0 Å². The molecule has 2 aliphatic carbocycles. The molecule has 1 aromatic rings. The van der Waals surface area contributed by atoms with Crippen molar-refractivity contribution in [3.63, 3.8) is 0 Å². The SMILES string of the molecule is FC=CC1CCC(C2CCC(c3ccc(F)cc3)CC2)CC1. The van der Waals surface area contributed by atoms with Gasteiger partial charge in [-0.2, -0.15) is 0 Å². The first-order valence-corrected chi connectivity index (χ1v) is 8.78. The molecule has 0 amide bonds. The van der Waals surface area contributed by atoms with Crippen molar-refractivity contribution in [2.75, 3.05) is 0 Å². The molecule has 0 bridgehead atoms. The molecular weight excluding hydrogens is 278 g/mol. The summed E-state index contributed by atoms with van der Waals surface area (Å²) in [7, 11) is 0. The molecule has 0 spiro atoms. The van der Waals surface area contributed by atoms with Crippen LogP contribution in [0.3, 0.4) is 0 Å². The van der Waals surface area contributed by atoms with E-state index in [4.69, 9.17) is 0 Å². The number of allylic oxidation sites excluding steroid dienone is 1. The van der Waals surface area contributed by atoms with Crippen LogP contribution < -0.4 is 0 Å². The maximum absolute atomic E-state index is 13.0. The predicted molar refractivity (Wildman–Crippen MR) is 86.8 cm³/mol. The van der Waals surface area contributed by atoms with Crippen molar-refractivity contribution < 1.29 is 8.78 Å². The first-order valence-electron chi connectivity index (χ1n) is 8.78. The minimum Gasteiger partial charge on any atom is -0.216 e. The van der Waals surface area contributed by atoms with Crippen molar-refractivity contribution >= 4 is 0 Å². The topological polar surface area (TPSA) is 0 Å². The summed E-state index contributed by atoms with van der Waals surface area (Å²) in [5, 5.41) is 0. The third-order valence-corrected chi connectivity index (χ3v) is 5.94. The number of hydrogen-bond acceptors (Lipinski definition) is 0. The van der Waals surface area contributed by atoms with Gasteiger partial charge in [-0.15, -0.1) is 0 Å². The van der Waals surface area contributed by atoms with Crippen LogP contribution in [-0.4, -0.2) is 0 Å². The molecule has 3 rings (SSSR count). The Hall–Kier alpha value is -1.18. The monoisotopic (exact) mass is 304 g/mol. The second kappa shape index (κ2) is 7.39. The molecule has 0 aromatic heterocycles. The van der Waals surface area contributed by atoms with Crippen LogP contribution in [0.25, 0.3) is 0 Å². The van der Waals surface area contributed by atoms with E-state index in [-0.39, 0.29) is 5.82 Å². The van der Waals surface area contributed by atoms with Gasteiger partial charge in [0.25, 0.3) is 0 Å². The van der Waals surface area contributed by atoms with Crippen molar-refractivity contribution in [2.24, 2.45) is 17.8 Å². The van der Waals surface area contributed by atoms with Gasteiger partial charge in [-0.05, 0) is 92.7 Å². The predicted octanol–water partition coefficient (Wildman–Crippen LogP) is 6.39. The summed E-state index contributed by atoms with van der Waals surface area (Å²) in [6.45, 7) is 0. The Labute approximate surface area is 132 Å². The highest BCUT2D eigenvalue weighted by Crippen LogP contribution is 2.44. The lowest BCUT2D eigenvalue weighted by molar-refractivity contribution is 0.171. The molecular formula is C20H26F2. The van der Waals surface area contributed by atoms with Gasteiger partial charge in [-0.3, -0.25) is 0 Å². The highest BCUT2D eigenvalue weighted by molar-refractivity contribution is 5.21. The van der Waals surface area contributed by atoms with E-state index in [2.05, 4.69) is 0 Å². The van der Waals surface area contributed by atoms with Gasteiger partial charge in [0.15, 0.2) is 0 Å². The molecule has 0 aliphatic heterocycles. The zero-order valence-corrected chi connectivity index (χ0v) is 13.2. The highest BCUT2D eigenvalue weighted by Gasteiger charge is 2.30. The van der Waals surface area contributed by atoms with E-state index in [1.807, 2.05) is 12.1 Å².